The smallest absolute Gasteiger partial charge is 0.279 e. The molecule has 2 aromatic carbocycles. The number of terminal acetylenes is 1. The first-order valence-electron chi connectivity index (χ1n) is 10.3. The molecule has 0 aliphatic heterocycles. The third-order valence-corrected chi connectivity index (χ3v) is 8.42. The number of hydrogen-bond donors (Lipinski definition) is 0. The van der Waals surface area contributed by atoms with Gasteiger partial charge in [-0.1, -0.05) is 40.5 Å². The van der Waals surface area contributed by atoms with Crippen LogP contribution in [0.3, 0.4) is 0 Å². The number of carbonyl (C=O) groups is 1. The largest absolute Gasteiger partial charge is 0.383 e. The van der Waals surface area contributed by atoms with Crippen LogP contribution < -0.4 is 4.80 Å². The van der Waals surface area contributed by atoms with Crippen molar-refractivity contribution in [2.45, 2.75) is 11.4 Å². The minimum atomic E-state index is -3.81. The first-order valence-corrected chi connectivity index (χ1v) is 13.3. The Morgan fingerprint density at radius 1 is 1.14 bits per heavy atom. The van der Waals surface area contributed by atoms with Crippen LogP contribution in [0.15, 0.2) is 46.3 Å². The van der Waals surface area contributed by atoms with E-state index in [1.54, 1.807) is 16.7 Å². The summed E-state index contributed by atoms with van der Waals surface area (Å²) >= 11 is 13.7. The lowest BCUT2D eigenvalue weighted by Crippen LogP contribution is -2.36. The highest BCUT2D eigenvalue weighted by atomic mass is 35.5. The van der Waals surface area contributed by atoms with Crippen molar-refractivity contribution in [2.24, 2.45) is 4.99 Å². The molecule has 0 atom stereocenters. The highest BCUT2D eigenvalue weighted by Crippen LogP contribution is 2.29. The quantitative estimate of drug-likeness (QED) is 0.356. The van der Waals surface area contributed by atoms with E-state index in [1.807, 2.05) is 0 Å². The number of methoxy groups -OCH3 is 2. The summed E-state index contributed by atoms with van der Waals surface area (Å²) in [5.74, 6) is 1.99. The van der Waals surface area contributed by atoms with E-state index >= 15 is 0 Å². The fraction of sp³-hybridized carbons (Fsp3) is 0.304. The minimum absolute atomic E-state index is 0.0481. The molecule has 0 radical (unpaired) electrons. The second kappa shape index (κ2) is 12.1. The number of sulfonamides is 1. The van der Waals surface area contributed by atoms with E-state index in [1.165, 1.54) is 54.1 Å². The van der Waals surface area contributed by atoms with Gasteiger partial charge in [-0.05, 0) is 36.4 Å². The molecule has 0 spiro atoms. The summed E-state index contributed by atoms with van der Waals surface area (Å²) in [7, 11) is -0.812. The van der Waals surface area contributed by atoms with E-state index in [-0.39, 0.29) is 43.3 Å². The highest BCUT2D eigenvalue weighted by molar-refractivity contribution is 7.89. The number of carbonyl (C=O) groups excluding carboxylic acids is 1. The van der Waals surface area contributed by atoms with E-state index in [2.05, 4.69) is 10.9 Å². The fourth-order valence-corrected chi connectivity index (χ4v) is 6.48. The predicted molar refractivity (Wildman–Crippen MR) is 138 cm³/mol. The Labute approximate surface area is 217 Å². The molecule has 3 aromatic rings. The Bertz CT molecular complexity index is 1420. The number of ether oxygens (including phenoxy) is 2. The summed E-state index contributed by atoms with van der Waals surface area (Å²) in [4.78, 5) is 17.5. The maximum absolute atomic E-state index is 13.1. The van der Waals surface area contributed by atoms with Gasteiger partial charge >= 0.3 is 0 Å². The van der Waals surface area contributed by atoms with Crippen LogP contribution >= 0.6 is 34.5 Å². The summed E-state index contributed by atoms with van der Waals surface area (Å²) in [6.07, 6.45) is 5.51. The lowest BCUT2D eigenvalue weighted by atomic mass is 10.2. The number of thiazole rings is 1. The van der Waals surface area contributed by atoms with Crippen LogP contribution in [0, 0.1) is 12.3 Å². The predicted octanol–water partition coefficient (Wildman–Crippen LogP) is 3.67. The molecule has 0 saturated heterocycles. The average molecular weight is 556 g/mol. The zero-order chi connectivity index (χ0) is 25.6. The molecule has 186 valence electrons. The number of fused-ring (bicyclic) bond motifs is 1. The molecular weight excluding hydrogens is 533 g/mol. The van der Waals surface area contributed by atoms with Gasteiger partial charge in [-0.3, -0.25) is 4.79 Å². The van der Waals surface area contributed by atoms with Crippen molar-refractivity contribution in [1.82, 2.24) is 8.87 Å². The number of rotatable bonds is 10. The van der Waals surface area contributed by atoms with Gasteiger partial charge in [0, 0.05) is 37.9 Å². The summed E-state index contributed by atoms with van der Waals surface area (Å²) in [6, 6.07) is 8.92. The van der Waals surface area contributed by atoms with Crippen molar-refractivity contribution >= 4 is 60.7 Å². The Hall–Kier alpha value is -2.23. The first kappa shape index (κ1) is 27.4. The molecule has 0 bridgehead atoms. The van der Waals surface area contributed by atoms with Crippen molar-refractivity contribution < 1.29 is 22.7 Å². The monoisotopic (exact) mass is 555 g/mol. The van der Waals surface area contributed by atoms with Gasteiger partial charge in [-0.2, -0.15) is 9.30 Å². The van der Waals surface area contributed by atoms with E-state index in [0.717, 1.165) is 4.70 Å². The highest BCUT2D eigenvalue weighted by Gasteiger charge is 2.24. The normalized spacial score (nSPS) is 12.4. The van der Waals surface area contributed by atoms with Gasteiger partial charge in [0.05, 0.1) is 39.9 Å². The van der Waals surface area contributed by atoms with Crippen molar-refractivity contribution in [1.29, 1.82) is 0 Å². The van der Waals surface area contributed by atoms with E-state index in [0.29, 0.717) is 20.4 Å². The lowest BCUT2D eigenvalue weighted by Gasteiger charge is -2.21. The topological polar surface area (TPSA) is 90.2 Å². The number of halogens is 2. The van der Waals surface area contributed by atoms with Crippen LogP contribution in [-0.2, 0) is 26.0 Å². The molecule has 1 amide bonds. The standard InChI is InChI=1S/C23H23Cl2N3O5S2/c1-4-9-28-21-19(25)14-17(24)15-20(21)34-23(28)26-22(29)16-5-7-18(8-6-16)35(30,31)27(10-12-32-2)11-13-33-3/h1,5-8,14-15H,9-13H2,2-3H3. The fourth-order valence-electron chi connectivity index (χ4n) is 3.26. The van der Waals surface area contributed by atoms with Crippen molar-refractivity contribution in [3.8, 4) is 12.3 Å². The third kappa shape index (κ3) is 6.32. The second-order valence-electron chi connectivity index (χ2n) is 7.24. The summed E-state index contributed by atoms with van der Waals surface area (Å²) < 4.78 is 39.8. The number of benzene rings is 2. The van der Waals surface area contributed by atoms with E-state index < -0.39 is 15.9 Å². The van der Waals surface area contributed by atoms with Gasteiger partial charge in [0.25, 0.3) is 5.91 Å². The molecule has 3 rings (SSSR count). The Morgan fingerprint density at radius 3 is 2.34 bits per heavy atom. The minimum Gasteiger partial charge on any atom is -0.383 e. The molecule has 1 heterocycles. The van der Waals surface area contributed by atoms with Gasteiger partial charge in [0.2, 0.25) is 10.0 Å². The number of nitrogens with zero attached hydrogens (tertiary/aromatic N) is 3. The second-order valence-corrected chi connectivity index (χ2v) is 11.0. The van der Waals surface area contributed by atoms with Gasteiger partial charge in [0.15, 0.2) is 4.80 Å². The zero-order valence-corrected chi connectivity index (χ0v) is 22.2. The van der Waals surface area contributed by atoms with E-state index in [4.69, 9.17) is 39.1 Å². The average Bonchev–Trinajstić information content (AvgIpc) is 3.16. The van der Waals surface area contributed by atoms with Crippen LogP contribution in [0.25, 0.3) is 10.2 Å². The van der Waals surface area contributed by atoms with Gasteiger partial charge in [0.1, 0.15) is 0 Å². The lowest BCUT2D eigenvalue weighted by molar-refractivity contribution is 0.0998. The molecule has 0 N–H and O–H groups in total. The van der Waals surface area contributed by atoms with Crippen LogP contribution in [0.4, 0.5) is 0 Å². The molecule has 0 unspecified atom stereocenters. The van der Waals surface area contributed by atoms with Crippen molar-refractivity contribution in [3.63, 3.8) is 0 Å². The molecule has 0 fully saturated rings. The molecule has 0 saturated carbocycles. The van der Waals surface area contributed by atoms with Crippen molar-refractivity contribution in [3.05, 3.63) is 56.8 Å². The third-order valence-electron chi connectivity index (χ3n) is 4.97. The molecule has 0 aliphatic carbocycles. The molecule has 12 heteroatoms. The molecular formula is C23H23Cl2N3O5S2. The summed E-state index contributed by atoms with van der Waals surface area (Å²) in [5.41, 5.74) is 0.859. The van der Waals surface area contributed by atoms with Crippen LogP contribution in [-0.4, -0.2) is 63.7 Å². The van der Waals surface area contributed by atoms with E-state index in [9.17, 15) is 13.2 Å². The Balaban J connectivity index is 1.95. The molecule has 1 aromatic heterocycles. The Kier molecular flexibility index (Phi) is 9.49. The van der Waals surface area contributed by atoms with Crippen molar-refractivity contribution in [2.75, 3.05) is 40.5 Å². The SMILES string of the molecule is C#CCn1c(=NC(=O)c2ccc(S(=O)(=O)N(CCOC)CCOC)cc2)sc2cc(Cl)cc(Cl)c21. The maximum atomic E-state index is 13.1. The summed E-state index contributed by atoms with van der Waals surface area (Å²) in [5, 5.41) is 0.852. The van der Waals surface area contributed by atoms with Crippen LogP contribution in [0.2, 0.25) is 10.0 Å². The molecule has 35 heavy (non-hydrogen) atoms. The Morgan fingerprint density at radius 2 is 1.77 bits per heavy atom. The number of amides is 1. The van der Waals surface area contributed by atoms with Gasteiger partial charge < -0.3 is 14.0 Å². The maximum Gasteiger partial charge on any atom is 0.279 e. The van der Waals surface area contributed by atoms with Gasteiger partial charge in [-0.25, -0.2) is 8.42 Å². The first-order chi connectivity index (χ1) is 16.7. The zero-order valence-electron chi connectivity index (χ0n) is 19.0. The van der Waals surface area contributed by atoms with Crippen LogP contribution in [0.5, 0.6) is 0 Å². The number of aromatic nitrogens is 1. The molecule has 0 aliphatic rings. The van der Waals surface area contributed by atoms with Gasteiger partial charge in [-0.15, -0.1) is 6.42 Å². The molecule has 8 nitrogen and oxygen atoms in total. The summed E-state index contributed by atoms with van der Waals surface area (Å²) in [6.45, 7) is 0.974. The van der Waals surface area contributed by atoms with Crippen LogP contribution in [0.1, 0.15) is 10.4 Å². The number of hydrogen-bond acceptors (Lipinski definition) is 6.